The van der Waals surface area contributed by atoms with Crippen LogP contribution in [0.5, 0.6) is 5.75 Å². The van der Waals surface area contributed by atoms with Crippen molar-refractivity contribution in [2.45, 2.75) is 24.9 Å². The molecule has 2 fully saturated rings. The molecule has 0 amide bonds. The average Bonchev–Trinajstić information content (AvgIpc) is 2.36. The predicted molar refractivity (Wildman–Crippen MR) is 73.1 cm³/mol. The van der Waals surface area contributed by atoms with Gasteiger partial charge in [0.1, 0.15) is 6.10 Å². The van der Waals surface area contributed by atoms with E-state index in [9.17, 15) is 8.78 Å². The summed E-state index contributed by atoms with van der Waals surface area (Å²) in [6.45, 7) is 3.24. The Kier molecular flexibility index (Phi) is 3.89. The van der Waals surface area contributed by atoms with Gasteiger partial charge in [-0.1, -0.05) is 0 Å². The first-order chi connectivity index (χ1) is 9.63. The summed E-state index contributed by atoms with van der Waals surface area (Å²) in [7, 11) is 2.07. The molecule has 0 radical (unpaired) electrons. The molecule has 3 rings (SSSR count). The third-order valence-corrected chi connectivity index (χ3v) is 4.24. The number of ether oxygens (including phenoxy) is 1. The topological polar surface area (TPSA) is 24.5 Å². The van der Waals surface area contributed by atoms with Gasteiger partial charge >= 0.3 is 0 Å². The zero-order valence-corrected chi connectivity index (χ0v) is 11.7. The van der Waals surface area contributed by atoms with Crippen molar-refractivity contribution in [1.82, 2.24) is 10.2 Å². The van der Waals surface area contributed by atoms with Crippen molar-refractivity contribution in [3.63, 3.8) is 0 Å². The van der Waals surface area contributed by atoms with Gasteiger partial charge < -0.3 is 15.0 Å². The summed E-state index contributed by atoms with van der Waals surface area (Å²) >= 11 is 0. The summed E-state index contributed by atoms with van der Waals surface area (Å²) in [4.78, 5) is 2.24. The molecule has 2 saturated heterocycles. The van der Waals surface area contributed by atoms with Crippen LogP contribution in [-0.4, -0.2) is 44.2 Å². The normalized spacial score (nSPS) is 21.8. The Morgan fingerprint density at radius 2 is 1.75 bits per heavy atom. The highest BCUT2D eigenvalue weighted by Gasteiger charge is 2.25. The van der Waals surface area contributed by atoms with Crippen molar-refractivity contribution in [2.75, 3.05) is 33.2 Å². The fourth-order valence-electron chi connectivity index (χ4n) is 2.78. The monoisotopic (exact) mass is 282 g/mol. The van der Waals surface area contributed by atoms with Crippen LogP contribution in [0.25, 0.3) is 0 Å². The van der Waals surface area contributed by atoms with Crippen molar-refractivity contribution >= 4 is 0 Å². The second-order valence-corrected chi connectivity index (χ2v) is 5.79. The number of nitrogens with zero attached hydrogens (tertiary/aromatic N) is 1. The minimum atomic E-state index is -0.578. The molecule has 1 aromatic carbocycles. The third-order valence-electron chi connectivity index (χ3n) is 4.24. The minimum Gasteiger partial charge on any atom is -0.482 e. The van der Waals surface area contributed by atoms with E-state index in [2.05, 4.69) is 17.3 Å². The van der Waals surface area contributed by atoms with E-state index in [0.717, 1.165) is 31.5 Å². The van der Waals surface area contributed by atoms with Crippen LogP contribution in [0.2, 0.25) is 0 Å². The van der Waals surface area contributed by atoms with Crippen LogP contribution in [0.1, 0.15) is 24.3 Å². The van der Waals surface area contributed by atoms with E-state index >= 15 is 0 Å². The van der Waals surface area contributed by atoms with Crippen molar-refractivity contribution in [1.29, 1.82) is 0 Å². The first kappa shape index (κ1) is 13.8. The van der Waals surface area contributed by atoms with E-state index < -0.39 is 11.6 Å². The molecule has 3 nitrogen and oxygen atoms in total. The van der Waals surface area contributed by atoms with E-state index in [1.54, 1.807) is 0 Å². The van der Waals surface area contributed by atoms with E-state index in [1.165, 1.54) is 12.1 Å². The maximum atomic E-state index is 14.1. The number of rotatable bonds is 3. The standard InChI is InChI=1S/C15H20F2N2O/c1-19-4-2-10(3-5-19)11-6-13(16)15(14(17)7-11)20-12-8-18-9-12/h6-7,10,12,18H,2-5,8-9H2,1H3. The smallest absolute Gasteiger partial charge is 0.191 e. The van der Waals surface area contributed by atoms with Gasteiger partial charge in [-0.2, -0.15) is 0 Å². The minimum absolute atomic E-state index is 0.117. The molecule has 0 spiro atoms. The van der Waals surface area contributed by atoms with Crippen molar-refractivity contribution in [3.8, 4) is 5.75 Å². The van der Waals surface area contributed by atoms with E-state index in [0.29, 0.717) is 13.1 Å². The van der Waals surface area contributed by atoms with Crippen LogP contribution in [-0.2, 0) is 0 Å². The van der Waals surface area contributed by atoms with E-state index in [4.69, 9.17) is 4.74 Å². The number of hydrogen-bond donors (Lipinski definition) is 1. The van der Waals surface area contributed by atoms with Crippen LogP contribution < -0.4 is 10.1 Å². The molecule has 0 saturated carbocycles. The number of nitrogens with one attached hydrogen (secondary N) is 1. The summed E-state index contributed by atoms with van der Waals surface area (Å²) in [5, 5.41) is 3.01. The highest BCUT2D eigenvalue weighted by molar-refractivity contribution is 5.33. The Morgan fingerprint density at radius 1 is 1.15 bits per heavy atom. The van der Waals surface area contributed by atoms with E-state index in [-0.39, 0.29) is 17.8 Å². The van der Waals surface area contributed by atoms with Crippen molar-refractivity contribution in [3.05, 3.63) is 29.3 Å². The molecule has 2 aliphatic heterocycles. The Labute approximate surface area is 117 Å². The van der Waals surface area contributed by atoms with Gasteiger partial charge in [0, 0.05) is 13.1 Å². The summed E-state index contributed by atoms with van der Waals surface area (Å²) in [5.41, 5.74) is 0.757. The summed E-state index contributed by atoms with van der Waals surface area (Å²) in [6, 6.07) is 2.89. The highest BCUT2D eigenvalue weighted by atomic mass is 19.1. The second kappa shape index (κ2) is 5.66. The molecule has 0 aliphatic carbocycles. The Morgan fingerprint density at radius 3 is 2.25 bits per heavy atom. The third kappa shape index (κ3) is 2.79. The molecule has 0 atom stereocenters. The van der Waals surface area contributed by atoms with Crippen LogP contribution in [0.3, 0.4) is 0 Å². The lowest BCUT2D eigenvalue weighted by Crippen LogP contribution is -2.50. The van der Waals surface area contributed by atoms with Crippen LogP contribution >= 0.6 is 0 Å². The summed E-state index contributed by atoms with van der Waals surface area (Å²) < 4.78 is 33.5. The molecule has 0 bridgehead atoms. The molecule has 20 heavy (non-hydrogen) atoms. The average molecular weight is 282 g/mol. The van der Waals surface area contributed by atoms with Gasteiger partial charge in [-0.25, -0.2) is 8.78 Å². The first-order valence-electron chi connectivity index (χ1n) is 7.18. The van der Waals surface area contributed by atoms with Gasteiger partial charge in [0.25, 0.3) is 0 Å². The zero-order valence-electron chi connectivity index (χ0n) is 11.7. The Balaban J connectivity index is 1.76. The molecular formula is C15H20F2N2O. The largest absolute Gasteiger partial charge is 0.482 e. The van der Waals surface area contributed by atoms with Crippen LogP contribution in [0, 0.1) is 11.6 Å². The summed E-state index contributed by atoms with van der Waals surface area (Å²) in [5.74, 6) is -1.14. The molecule has 110 valence electrons. The maximum absolute atomic E-state index is 14.1. The molecule has 5 heteroatoms. The molecular weight excluding hydrogens is 262 g/mol. The zero-order chi connectivity index (χ0) is 14.1. The molecule has 1 N–H and O–H groups in total. The summed E-state index contributed by atoms with van der Waals surface area (Å²) in [6.07, 6.45) is 1.78. The van der Waals surface area contributed by atoms with Gasteiger partial charge in [0.15, 0.2) is 17.4 Å². The van der Waals surface area contributed by atoms with E-state index in [1.807, 2.05) is 0 Å². The quantitative estimate of drug-likeness (QED) is 0.919. The molecule has 0 unspecified atom stereocenters. The second-order valence-electron chi connectivity index (χ2n) is 5.79. The lowest BCUT2D eigenvalue weighted by Gasteiger charge is -2.30. The number of piperidine rings is 1. The van der Waals surface area contributed by atoms with Crippen molar-refractivity contribution < 1.29 is 13.5 Å². The fraction of sp³-hybridized carbons (Fsp3) is 0.600. The lowest BCUT2D eigenvalue weighted by atomic mass is 9.89. The molecule has 2 aliphatic rings. The molecule has 1 aromatic rings. The maximum Gasteiger partial charge on any atom is 0.191 e. The number of likely N-dealkylation sites (tertiary alicyclic amines) is 1. The Bertz CT molecular complexity index is 460. The number of hydrogen-bond acceptors (Lipinski definition) is 3. The SMILES string of the molecule is CN1CCC(c2cc(F)c(OC3CNC3)c(F)c2)CC1. The molecule has 0 aromatic heterocycles. The first-order valence-corrected chi connectivity index (χ1v) is 7.18. The van der Waals surface area contributed by atoms with Gasteiger partial charge in [0.2, 0.25) is 0 Å². The Hall–Kier alpha value is -1.20. The van der Waals surface area contributed by atoms with Crippen LogP contribution in [0.15, 0.2) is 12.1 Å². The van der Waals surface area contributed by atoms with Gasteiger partial charge in [0.05, 0.1) is 0 Å². The fourth-order valence-corrected chi connectivity index (χ4v) is 2.78. The number of benzene rings is 1. The lowest BCUT2D eigenvalue weighted by molar-refractivity contribution is 0.130. The van der Waals surface area contributed by atoms with Gasteiger partial charge in [-0.05, 0) is 56.6 Å². The van der Waals surface area contributed by atoms with Gasteiger partial charge in [-0.3, -0.25) is 0 Å². The van der Waals surface area contributed by atoms with Crippen LogP contribution in [0.4, 0.5) is 8.78 Å². The number of halogens is 2. The molecule has 2 heterocycles. The predicted octanol–water partition coefficient (Wildman–Crippen LogP) is 2.12. The van der Waals surface area contributed by atoms with Crippen molar-refractivity contribution in [2.24, 2.45) is 0 Å². The highest BCUT2D eigenvalue weighted by Crippen LogP contribution is 2.32. The van der Waals surface area contributed by atoms with Gasteiger partial charge in [-0.15, -0.1) is 0 Å².